The normalized spacial score (nSPS) is 19.8. The highest BCUT2D eigenvalue weighted by Gasteiger charge is 2.37. The number of amides is 1. The Balaban J connectivity index is 1.40. The van der Waals surface area contributed by atoms with E-state index < -0.39 is 0 Å². The van der Waals surface area contributed by atoms with E-state index >= 15 is 0 Å². The largest absolute Gasteiger partial charge is 0.497 e. The van der Waals surface area contributed by atoms with Crippen LogP contribution in [0.3, 0.4) is 0 Å². The molecule has 0 unspecified atom stereocenters. The predicted octanol–water partition coefficient (Wildman–Crippen LogP) is 2.48. The van der Waals surface area contributed by atoms with Gasteiger partial charge in [-0.2, -0.15) is 5.26 Å². The van der Waals surface area contributed by atoms with Gasteiger partial charge in [0.05, 0.1) is 19.8 Å². The first-order valence-corrected chi connectivity index (χ1v) is 9.76. The zero-order valence-electron chi connectivity index (χ0n) is 16.3. The van der Waals surface area contributed by atoms with Crippen molar-refractivity contribution < 1.29 is 14.4 Å². The fraction of sp³-hybridized carbons (Fsp3) is 0.429. The second kappa shape index (κ2) is 8.45. The number of nitrogens with zero attached hydrogens (tertiary/aromatic N) is 5. The van der Waals surface area contributed by atoms with E-state index in [0.29, 0.717) is 25.4 Å². The molecule has 0 saturated carbocycles. The van der Waals surface area contributed by atoms with Crippen LogP contribution >= 0.6 is 0 Å². The van der Waals surface area contributed by atoms with Crippen LogP contribution in [0.5, 0.6) is 5.75 Å². The zero-order chi connectivity index (χ0) is 20.2. The molecule has 0 aliphatic carbocycles. The van der Waals surface area contributed by atoms with Crippen LogP contribution in [-0.4, -0.2) is 47.7 Å². The number of rotatable bonds is 4. The van der Waals surface area contributed by atoms with Gasteiger partial charge in [-0.1, -0.05) is 12.1 Å². The summed E-state index contributed by atoms with van der Waals surface area (Å²) in [6.45, 7) is 1.96. The summed E-state index contributed by atoms with van der Waals surface area (Å²) in [5, 5.41) is 10.6. The van der Waals surface area contributed by atoms with Gasteiger partial charge in [0, 0.05) is 31.5 Å². The molecule has 1 aromatic heterocycles. The highest BCUT2D eigenvalue weighted by Crippen LogP contribution is 2.34. The van der Waals surface area contributed by atoms with Crippen LogP contribution < -0.4 is 9.64 Å². The van der Waals surface area contributed by atoms with E-state index in [9.17, 15) is 4.79 Å². The lowest BCUT2D eigenvalue weighted by Crippen LogP contribution is -2.42. The number of benzene rings is 1. The molecule has 2 aliphatic rings. The molecule has 3 heterocycles. The SMILES string of the molecule is COc1ccc([C@@H]2CCON2C(=O)C2CCN(c3cc(C#N)ncn3)CC2)cc1. The molecule has 0 radical (unpaired) electrons. The fourth-order valence-corrected chi connectivity index (χ4v) is 3.93. The number of methoxy groups -OCH3 is 1. The van der Waals surface area contributed by atoms with Crippen molar-refractivity contribution >= 4 is 11.7 Å². The molecule has 1 atom stereocenters. The summed E-state index contributed by atoms with van der Waals surface area (Å²) in [6, 6.07) is 11.5. The summed E-state index contributed by atoms with van der Waals surface area (Å²) < 4.78 is 5.22. The molecule has 8 nitrogen and oxygen atoms in total. The van der Waals surface area contributed by atoms with Gasteiger partial charge in [-0.3, -0.25) is 9.63 Å². The van der Waals surface area contributed by atoms with E-state index in [-0.39, 0.29) is 17.9 Å². The van der Waals surface area contributed by atoms with Crippen LogP contribution in [0.2, 0.25) is 0 Å². The molecule has 2 aromatic rings. The maximum absolute atomic E-state index is 13.1. The molecule has 0 spiro atoms. The Morgan fingerprint density at radius 1 is 1.21 bits per heavy atom. The van der Waals surface area contributed by atoms with Crippen LogP contribution in [0.15, 0.2) is 36.7 Å². The molecule has 8 heteroatoms. The zero-order valence-corrected chi connectivity index (χ0v) is 16.3. The Bertz CT molecular complexity index is 903. The number of hydrogen-bond donors (Lipinski definition) is 0. The third kappa shape index (κ3) is 4.00. The van der Waals surface area contributed by atoms with Crippen molar-refractivity contribution in [3.63, 3.8) is 0 Å². The van der Waals surface area contributed by atoms with E-state index in [0.717, 1.165) is 36.4 Å². The van der Waals surface area contributed by atoms with Crippen LogP contribution in [0.1, 0.15) is 36.6 Å². The van der Waals surface area contributed by atoms with Crippen molar-refractivity contribution in [3.05, 3.63) is 47.9 Å². The third-order valence-electron chi connectivity index (χ3n) is 5.56. The Morgan fingerprint density at radius 2 is 1.97 bits per heavy atom. The third-order valence-corrected chi connectivity index (χ3v) is 5.56. The first-order valence-electron chi connectivity index (χ1n) is 9.76. The molecule has 4 rings (SSSR count). The minimum atomic E-state index is -0.0811. The summed E-state index contributed by atoms with van der Waals surface area (Å²) in [4.78, 5) is 29.1. The Morgan fingerprint density at radius 3 is 2.66 bits per heavy atom. The van der Waals surface area contributed by atoms with Crippen molar-refractivity contribution in [1.29, 1.82) is 5.26 Å². The van der Waals surface area contributed by atoms with Crippen LogP contribution in [-0.2, 0) is 9.63 Å². The average molecular weight is 393 g/mol. The quantitative estimate of drug-likeness (QED) is 0.788. The van der Waals surface area contributed by atoms with Gasteiger partial charge in [0.25, 0.3) is 0 Å². The number of ether oxygens (including phenoxy) is 1. The minimum Gasteiger partial charge on any atom is -0.497 e. The van der Waals surface area contributed by atoms with Crippen molar-refractivity contribution in [2.45, 2.75) is 25.3 Å². The summed E-state index contributed by atoms with van der Waals surface area (Å²) in [7, 11) is 1.64. The molecule has 1 amide bonds. The standard InChI is InChI=1S/C21H23N5O3/c1-28-18-4-2-15(3-5-18)19-8-11-29-26(19)21(27)16-6-9-25(10-7-16)20-12-17(13-22)23-14-24-20/h2-5,12,14,16,19H,6-11H2,1H3/t19-/m0/s1. The van der Waals surface area contributed by atoms with E-state index in [1.807, 2.05) is 30.3 Å². The van der Waals surface area contributed by atoms with Gasteiger partial charge in [-0.25, -0.2) is 15.0 Å². The van der Waals surface area contributed by atoms with Gasteiger partial charge in [0.15, 0.2) is 0 Å². The second-order valence-corrected chi connectivity index (χ2v) is 7.21. The van der Waals surface area contributed by atoms with Gasteiger partial charge in [-0.05, 0) is 30.5 Å². The fourth-order valence-electron chi connectivity index (χ4n) is 3.93. The maximum atomic E-state index is 13.1. The van der Waals surface area contributed by atoms with Crippen LogP contribution in [0.4, 0.5) is 5.82 Å². The van der Waals surface area contributed by atoms with E-state index in [1.54, 1.807) is 18.2 Å². The average Bonchev–Trinajstić information content (AvgIpc) is 3.28. The van der Waals surface area contributed by atoms with Gasteiger partial charge >= 0.3 is 0 Å². The van der Waals surface area contributed by atoms with Crippen LogP contribution in [0, 0.1) is 17.2 Å². The first-order chi connectivity index (χ1) is 14.2. The monoisotopic (exact) mass is 393 g/mol. The number of hydrogen-bond acceptors (Lipinski definition) is 7. The Labute approximate surface area is 169 Å². The Hall–Kier alpha value is -3.18. The van der Waals surface area contributed by atoms with Gasteiger partial charge in [0.1, 0.15) is 29.7 Å². The minimum absolute atomic E-state index is 0.0448. The summed E-state index contributed by atoms with van der Waals surface area (Å²) >= 11 is 0. The summed E-state index contributed by atoms with van der Waals surface area (Å²) in [5.41, 5.74) is 1.40. The second-order valence-electron chi connectivity index (χ2n) is 7.21. The summed E-state index contributed by atoms with van der Waals surface area (Å²) in [5.74, 6) is 1.49. The maximum Gasteiger partial charge on any atom is 0.249 e. The molecular weight excluding hydrogens is 370 g/mol. The van der Waals surface area contributed by atoms with Gasteiger partial charge in [0.2, 0.25) is 5.91 Å². The highest BCUT2D eigenvalue weighted by molar-refractivity contribution is 5.79. The van der Waals surface area contributed by atoms with Crippen molar-refractivity contribution in [1.82, 2.24) is 15.0 Å². The van der Waals surface area contributed by atoms with Crippen molar-refractivity contribution in [3.8, 4) is 11.8 Å². The summed E-state index contributed by atoms with van der Waals surface area (Å²) in [6.07, 6.45) is 3.64. The highest BCUT2D eigenvalue weighted by atomic mass is 16.7. The molecular formula is C21H23N5O3. The number of aromatic nitrogens is 2. The van der Waals surface area contributed by atoms with E-state index in [4.69, 9.17) is 14.8 Å². The number of piperidine rings is 1. The van der Waals surface area contributed by atoms with Gasteiger partial charge < -0.3 is 9.64 Å². The number of anilines is 1. The van der Waals surface area contributed by atoms with Crippen molar-refractivity contribution in [2.24, 2.45) is 5.92 Å². The van der Waals surface area contributed by atoms with Crippen molar-refractivity contribution in [2.75, 3.05) is 31.7 Å². The molecule has 0 bridgehead atoms. The number of nitriles is 1. The molecule has 2 saturated heterocycles. The topological polar surface area (TPSA) is 91.6 Å². The lowest BCUT2D eigenvalue weighted by atomic mass is 9.94. The number of carbonyl (C=O) groups is 1. The lowest BCUT2D eigenvalue weighted by Gasteiger charge is -2.34. The molecule has 2 aliphatic heterocycles. The van der Waals surface area contributed by atoms with E-state index in [2.05, 4.69) is 14.9 Å². The first kappa shape index (κ1) is 19.2. The lowest BCUT2D eigenvalue weighted by molar-refractivity contribution is -0.182. The molecule has 2 fully saturated rings. The smallest absolute Gasteiger partial charge is 0.249 e. The number of hydroxylamine groups is 2. The number of carbonyl (C=O) groups excluding carboxylic acids is 1. The molecule has 29 heavy (non-hydrogen) atoms. The van der Waals surface area contributed by atoms with Crippen LogP contribution in [0.25, 0.3) is 0 Å². The molecule has 150 valence electrons. The van der Waals surface area contributed by atoms with E-state index in [1.165, 1.54) is 6.33 Å². The Kier molecular flexibility index (Phi) is 5.58. The predicted molar refractivity (Wildman–Crippen MR) is 105 cm³/mol. The molecule has 1 aromatic carbocycles. The van der Waals surface area contributed by atoms with Gasteiger partial charge in [-0.15, -0.1) is 0 Å². The molecule has 0 N–H and O–H groups in total.